The predicted octanol–water partition coefficient (Wildman–Crippen LogP) is 2.47. The number of aromatic hydroxyl groups is 1. The number of aliphatic hydroxyl groups excluding tert-OH is 1. The summed E-state index contributed by atoms with van der Waals surface area (Å²) in [6, 6.07) is 4.35. The molecule has 2 N–H and O–H groups in total. The van der Waals surface area contributed by atoms with E-state index in [9.17, 15) is 10.2 Å². The maximum absolute atomic E-state index is 10.8. The van der Waals surface area contributed by atoms with Crippen LogP contribution in [0.2, 0.25) is 0 Å². The molecule has 1 aromatic rings. The fraction of sp³-hybridized carbons (Fsp3) is 0.579. The van der Waals surface area contributed by atoms with Crippen molar-refractivity contribution >= 4 is 0 Å². The number of rotatable bonds is 4. The number of hydrogen-bond acceptors (Lipinski definition) is 4. The number of benzene rings is 1. The van der Waals surface area contributed by atoms with Crippen molar-refractivity contribution in [2.45, 2.75) is 43.7 Å². The average Bonchev–Trinajstić information content (AvgIpc) is 2.53. The van der Waals surface area contributed by atoms with E-state index in [4.69, 9.17) is 4.74 Å². The van der Waals surface area contributed by atoms with E-state index in [-0.39, 0.29) is 11.2 Å². The van der Waals surface area contributed by atoms with Crippen LogP contribution in [0.25, 0.3) is 0 Å². The normalized spacial score (nSPS) is 31.3. The summed E-state index contributed by atoms with van der Waals surface area (Å²) in [5, 5.41) is 21.1. The van der Waals surface area contributed by atoms with Crippen LogP contribution in [0.4, 0.5) is 0 Å². The molecule has 2 bridgehead atoms. The van der Waals surface area contributed by atoms with Crippen LogP contribution in [0, 0.1) is 5.92 Å². The van der Waals surface area contributed by atoms with Crippen LogP contribution < -0.4 is 4.74 Å². The zero-order chi connectivity index (χ0) is 16.8. The van der Waals surface area contributed by atoms with Crippen LogP contribution in [-0.2, 0) is 11.8 Å². The molecular weight excluding hydrogens is 290 g/mol. The molecule has 2 aliphatic rings. The Balaban J connectivity index is 2.20. The molecule has 1 heterocycles. The molecule has 4 atom stereocenters. The number of likely N-dealkylation sites (tertiary alicyclic amines) is 1. The average molecular weight is 317 g/mol. The lowest BCUT2D eigenvalue weighted by molar-refractivity contribution is 0.0151. The quantitative estimate of drug-likeness (QED) is 0.838. The molecule has 0 radical (unpaired) electrons. The Morgan fingerprint density at radius 3 is 2.91 bits per heavy atom. The van der Waals surface area contributed by atoms with E-state index in [0.717, 1.165) is 24.9 Å². The zero-order valence-corrected chi connectivity index (χ0v) is 14.2. The molecule has 0 amide bonds. The van der Waals surface area contributed by atoms with Crippen LogP contribution in [0.15, 0.2) is 24.8 Å². The number of phenolic OH excluding ortho intramolecular Hbond substituents is 1. The number of fused-ring (bicyclic) bond motifs is 4. The first-order valence-corrected chi connectivity index (χ1v) is 8.34. The molecule has 1 fully saturated rings. The Hall–Kier alpha value is -1.52. The van der Waals surface area contributed by atoms with Gasteiger partial charge in [-0.15, -0.1) is 6.58 Å². The molecule has 4 nitrogen and oxygen atoms in total. The monoisotopic (exact) mass is 317 g/mol. The number of ether oxygens (including phenoxy) is 1. The second-order valence-corrected chi connectivity index (χ2v) is 7.10. The maximum atomic E-state index is 10.8. The highest BCUT2D eigenvalue weighted by atomic mass is 16.5. The highest BCUT2D eigenvalue weighted by Gasteiger charge is 2.52. The largest absolute Gasteiger partial charge is 0.504 e. The van der Waals surface area contributed by atoms with Crippen molar-refractivity contribution in [1.82, 2.24) is 4.90 Å². The van der Waals surface area contributed by atoms with Crippen LogP contribution >= 0.6 is 0 Å². The number of piperidine rings is 1. The Bertz CT molecular complexity index is 615. The van der Waals surface area contributed by atoms with E-state index in [1.54, 1.807) is 13.2 Å². The van der Waals surface area contributed by atoms with Gasteiger partial charge >= 0.3 is 0 Å². The first-order chi connectivity index (χ1) is 10.9. The van der Waals surface area contributed by atoms with E-state index < -0.39 is 6.10 Å². The molecule has 3 rings (SSSR count). The summed E-state index contributed by atoms with van der Waals surface area (Å²) in [4.78, 5) is 2.41. The van der Waals surface area contributed by atoms with Gasteiger partial charge in [-0.3, -0.25) is 0 Å². The van der Waals surface area contributed by atoms with Crippen molar-refractivity contribution in [1.29, 1.82) is 0 Å². The third-order valence-corrected chi connectivity index (χ3v) is 6.15. The van der Waals surface area contributed by atoms with Crippen molar-refractivity contribution in [2.24, 2.45) is 5.92 Å². The Morgan fingerprint density at radius 2 is 2.26 bits per heavy atom. The van der Waals surface area contributed by atoms with Gasteiger partial charge in [0.15, 0.2) is 11.5 Å². The standard InChI is InChI=1S/C19H27NO3/c1-5-14(21)11-19-8-9-20(3)15(12(19)2)10-13-6-7-16(23-4)18(22)17(13)19/h5-7,12,14-15,21-22H,1,8-11H2,2-4H3. The van der Waals surface area contributed by atoms with Gasteiger partial charge in [-0.25, -0.2) is 0 Å². The number of hydrogen-bond donors (Lipinski definition) is 2. The molecule has 126 valence electrons. The van der Waals surface area contributed by atoms with Crippen molar-refractivity contribution in [3.8, 4) is 11.5 Å². The second kappa shape index (κ2) is 5.84. The molecule has 4 unspecified atom stereocenters. The minimum Gasteiger partial charge on any atom is -0.504 e. The Labute approximate surface area is 138 Å². The molecule has 0 saturated carbocycles. The predicted molar refractivity (Wildman–Crippen MR) is 91.1 cm³/mol. The van der Waals surface area contributed by atoms with Crippen LogP contribution in [0.1, 0.15) is 30.9 Å². The summed E-state index contributed by atoms with van der Waals surface area (Å²) in [7, 11) is 3.75. The number of aliphatic hydroxyl groups is 1. The van der Waals surface area contributed by atoms with E-state index >= 15 is 0 Å². The SMILES string of the molecule is C=CC(O)CC12CCN(C)C(Cc3ccc(OC)c(O)c31)C2C. The minimum absolute atomic E-state index is 0.239. The summed E-state index contributed by atoms with van der Waals surface area (Å²) in [6.07, 6.45) is 3.46. The van der Waals surface area contributed by atoms with Crippen molar-refractivity contribution in [3.05, 3.63) is 35.9 Å². The van der Waals surface area contributed by atoms with Gasteiger partial charge in [-0.1, -0.05) is 19.1 Å². The fourth-order valence-corrected chi connectivity index (χ4v) is 4.78. The zero-order valence-electron chi connectivity index (χ0n) is 14.2. The highest BCUT2D eigenvalue weighted by Crippen LogP contribution is 2.55. The summed E-state index contributed by atoms with van der Waals surface area (Å²) >= 11 is 0. The fourth-order valence-electron chi connectivity index (χ4n) is 4.78. The first kappa shape index (κ1) is 16.3. The van der Waals surface area contributed by atoms with Crippen molar-refractivity contribution in [3.63, 3.8) is 0 Å². The molecule has 23 heavy (non-hydrogen) atoms. The third kappa shape index (κ3) is 2.36. The van der Waals surface area contributed by atoms with E-state index in [0.29, 0.717) is 24.1 Å². The van der Waals surface area contributed by atoms with Gasteiger partial charge in [0.25, 0.3) is 0 Å². The van der Waals surface area contributed by atoms with Gasteiger partial charge in [0.1, 0.15) is 0 Å². The molecule has 1 aliphatic carbocycles. The third-order valence-electron chi connectivity index (χ3n) is 6.15. The van der Waals surface area contributed by atoms with Gasteiger partial charge < -0.3 is 19.8 Å². The minimum atomic E-state index is -0.571. The lowest BCUT2D eigenvalue weighted by Gasteiger charge is -2.55. The second-order valence-electron chi connectivity index (χ2n) is 7.10. The van der Waals surface area contributed by atoms with Crippen LogP contribution in [0.3, 0.4) is 0 Å². The summed E-state index contributed by atoms with van der Waals surface area (Å²) < 4.78 is 5.34. The van der Waals surface area contributed by atoms with Crippen LogP contribution in [0.5, 0.6) is 11.5 Å². The molecule has 1 saturated heterocycles. The topological polar surface area (TPSA) is 52.9 Å². The van der Waals surface area contributed by atoms with E-state index in [1.165, 1.54) is 5.56 Å². The molecule has 0 aromatic heterocycles. The molecule has 1 aliphatic heterocycles. The molecule has 4 heteroatoms. The Kier molecular flexibility index (Phi) is 4.15. The first-order valence-electron chi connectivity index (χ1n) is 8.34. The lowest BCUT2D eigenvalue weighted by atomic mass is 9.55. The van der Waals surface area contributed by atoms with Gasteiger partial charge in [-0.2, -0.15) is 0 Å². The van der Waals surface area contributed by atoms with Gasteiger partial charge in [0.05, 0.1) is 13.2 Å². The van der Waals surface area contributed by atoms with Gasteiger partial charge in [0.2, 0.25) is 0 Å². The summed E-state index contributed by atoms with van der Waals surface area (Å²) in [5.74, 6) is 1.11. The number of methoxy groups -OCH3 is 1. The van der Waals surface area contributed by atoms with E-state index in [1.807, 2.05) is 6.07 Å². The lowest BCUT2D eigenvalue weighted by Crippen LogP contribution is -2.58. The number of phenols is 1. The smallest absolute Gasteiger partial charge is 0.161 e. The Morgan fingerprint density at radius 1 is 1.52 bits per heavy atom. The van der Waals surface area contributed by atoms with E-state index in [2.05, 4.69) is 31.5 Å². The molecular formula is C19H27NO3. The van der Waals surface area contributed by atoms with Gasteiger partial charge in [0, 0.05) is 17.0 Å². The highest BCUT2D eigenvalue weighted by molar-refractivity contribution is 5.56. The molecule has 0 spiro atoms. The van der Waals surface area contributed by atoms with Crippen molar-refractivity contribution in [2.75, 3.05) is 20.7 Å². The van der Waals surface area contributed by atoms with Crippen molar-refractivity contribution < 1.29 is 14.9 Å². The summed E-state index contributed by atoms with van der Waals surface area (Å²) in [5.41, 5.74) is 1.92. The van der Waals surface area contributed by atoms with Crippen LogP contribution in [-0.4, -0.2) is 48.0 Å². The summed E-state index contributed by atoms with van der Waals surface area (Å²) in [6.45, 7) is 6.95. The van der Waals surface area contributed by atoms with Gasteiger partial charge in [-0.05, 0) is 50.4 Å². The number of nitrogens with zero attached hydrogens (tertiary/aromatic N) is 1. The number of likely N-dealkylation sites (N-methyl/N-ethyl adjacent to an activating group) is 1. The molecule has 1 aromatic carbocycles. The maximum Gasteiger partial charge on any atom is 0.161 e.